The monoisotopic (exact) mass is 407 g/mol. The van der Waals surface area contributed by atoms with Gasteiger partial charge >= 0.3 is 0 Å². The third-order valence-corrected chi connectivity index (χ3v) is 5.14. The SMILES string of the molecule is C[C@@H](NC(=O)c1ccc(=O)n(-c2cnn(C)c2)n1)c1ccc(Br)s1. The van der Waals surface area contributed by atoms with E-state index in [1.54, 1.807) is 29.3 Å². The maximum absolute atomic E-state index is 12.4. The maximum atomic E-state index is 12.4. The lowest BCUT2D eigenvalue weighted by molar-refractivity contribution is 0.0933. The fourth-order valence-corrected chi connectivity index (χ4v) is 3.56. The second-order valence-electron chi connectivity index (χ2n) is 5.18. The molecular formula is C15H14BrN5O2S. The summed E-state index contributed by atoms with van der Waals surface area (Å²) in [5.41, 5.74) is 0.350. The van der Waals surface area contributed by atoms with Crippen LogP contribution >= 0.6 is 27.3 Å². The molecule has 3 aromatic rings. The van der Waals surface area contributed by atoms with Crippen molar-refractivity contribution in [1.82, 2.24) is 24.9 Å². The quantitative estimate of drug-likeness (QED) is 0.718. The molecule has 0 saturated heterocycles. The molecule has 0 unspecified atom stereocenters. The highest BCUT2D eigenvalue weighted by atomic mass is 79.9. The standard InChI is InChI=1S/C15H14BrN5O2S/c1-9(12-4-5-13(16)24-12)18-15(23)11-3-6-14(22)21(19-11)10-7-17-20(2)8-10/h3-9H,1-2H3,(H,18,23)/t9-/m1/s1. The minimum Gasteiger partial charge on any atom is -0.343 e. The van der Waals surface area contributed by atoms with Crippen LogP contribution in [0.25, 0.3) is 5.69 Å². The minimum absolute atomic E-state index is 0.158. The molecule has 0 saturated carbocycles. The molecule has 3 heterocycles. The number of carbonyl (C=O) groups is 1. The predicted octanol–water partition coefficient (Wildman–Crippen LogP) is 2.28. The van der Waals surface area contributed by atoms with Crippen molar-refractivity contribution in [3.8, 4) is 5.69 Å². The van der Waals surface area contributed by atoms with Crippen LogP contribution in [0.3, 0.4) is 0 Å². The molecule has 3 rings (SSSR count). The van der Waals surface area contributed by atoms with E-state index in [4.69, 9.17) is 0 Å². The first-order valence-corrected chi connectivity index (χ1v) is 8.70. The van der Waals surface area contributed by atoms with Gasteiger partial charge in [0.2, 0.25) is 0 Å². The summed E-state index contributed by atoms with van der Waals surface area (Å²) < 4.78 is 3.73. The smallest absolute Gasteiger partial charge is 0.272 e. The Morgan fingerprint density at radius 2 is 2.12 bits per heavy atom. The average Bonchev–Trinajstić information content (AvgIpc) is 3.16. The van der Waals surface area contributed by atoms with Gasteiger partial charge < -0.3 is 5.32 Å². The number of hydrogen-bond acceptors (Lipinski definition) is 5. The van der Waals surface area contributed by atoms with Gasteiger partial charge in [0.05, 0.1) is 22.2 Å². The molecule has 0 aliphatic heterocycles. The average molecular weight is 408 g/mol. The Bertz CT molecular complexity index is 945. The zero-order chi connectivity index (χ0) is 17.3. The second kappa shape index (κ2) is 6.70. The molecule has 0 bridgehead atoms. The van der Waals surface area contributed by atoms with E-state index < -0.39 is 0 Å². The lowest BCUT2D eigenvalue weighted by Crippen LogP contribution is -2.30. The molecule has 0 radical (unpaired) electrons. The summed E-state index contributed by atoms with van der Waals surface area (Å²) in [7, 11) is 1.74. The number of rotatable bonds is 4. The molecule has 7 nitrogen and oxygen atoms in total. The summed E-state index contributed by atoms with van der Waals surface area (Å²) in [6, 6.07) is 6.46. The van der Waals surface area contributed by atoms with Crippen molar-refractivity contribution in [3.63, 3.8) is 0 Å². The first-order chi connectivity index (χ1) is 11.4. The molecule has 1 N–H and O–H groups in total. The van der Waals surface area contributed by atoms with Crippen molar-refractivity contribution in [2.24, 2.45) is 7.05 Å². The summed E-state index contributed by atoms with van der Waals surface area (Å²) in [6.07, 6.45) is 3.17. The first-order valence-electron chi connectivity index (χ1n) is 7.09. The molecule has 9 heteroatoms. The van der Waals surface area contributed by atoms with E-state index in [0.29, 0.717) is 5.69 Å². The number of thiophene rings is 1. The highest BCUT2D eigenvalue weighted by molar-refractivity contribution is 9.11. The van der Waals surface area contributed by atoms with E-state index >= 15 is 0 Å². The third kappa shape index (κ3) is 3.46. The predicted molar refractivity (Wildman–Crippen MR) is 94.5 cm³/mol. The fraction of sp³-hybridized carbons (Fsp3) is 0.200. The molecule has 0 aromatic carbocycles. The van der Waals surface area contributed by atoms with E-state index in [1.807, 2.05) is 19.1 Å². The molecular weight excluding hydrogens is 394 g/mol. The van der Waals surface area contributed by atoms with Crippen LogP contribution in [-0.4, -0.2) is 25.5 Å². The molecule has 0 spiro atoms. The zero-order valence-electron chi connectivity index (χ0n) is 12.9. The lowest BCUT2D eigenvalue weighted by Gasteiger charge is -2.12. The van der Waals surface area contributed by atoms with Crippen molar-refractivity contribution in [3.05, 3.63) is 61.4 Å². The molecule has 0 aliphatic carbocycles. The van der Waals surface area contributed by atoms with Crippen LogP contribution in [0.1, 0.15) is 28.3 Å². The van der Waals surface area contributed by atoms with E-state index in [0.717, 1.165) is 13.3 Å². The fourth-order valence-electron chi connectivity index (χ4n) is 2.14. The van der Waals surface area contributed by atoms with Crippen molar-refractivity contribution in [2.45, 2.75) is 13.0 Å². The highest BCUT2D eigenvalue weighted by Gasteiger charge is 2.16. The summed E-state index contributed by atoms with van der Waals surface area (Å²) >= 11 is 4.96. The van der Waals surface area contributed by atoms with Crippen LogP contribution in [0.2, 0.25) is 0 Å². The number of amides is 1. The van der Waals surface area contributed by atoms with Gasteiger partial charge in [-0.3, -0.25) is 14.3 Å². The van der Waals surface area contributed by atoms with Crippen LogP contribution in [0.15, 0.2) is 45.2 Å². The van der Waals surface area contributed by atoms with Gasteiger partial charge in [-0.1, -0.05) is 0 Å². The topological polar surface area (TPSA) is 81.8 Å². The van der Waals surface area contributed by atoms with Crippen LogP contribution in [0, 0.1) is 0 Å². The number of nitrogens with one attached hydrogen (secondary N) is 1. The normalized spacial score (nSPS) is 12.1. The molecule has 0 aliphatic rings. The number of aromatic nitrogens is 4. The summed E-state index contributed by atoms with van der Waals surface area (Å²) in [5, 5.41) is 11.0. The Morgan fingerprint density at radius 3 is 2.75 bits per heavy atom. The number of hydrogen-bond donors (Lipinski definition) is 1. The van der Waals surface area contributed by atoms with Gasteiger partial charge in [0.25, 0.3) is 11.5 Å². The van der Waals surface area contributed by atoms with Crippen LogP contribution in [-0.2, 0) is 7.05 Å². The minimum atomic E-state index is -0.343. The summed E-state index contributed by atoms with van der Waals surface area (Å²) in [5.74, 6) is -0.343. The Labute approximate surface area is 150 Å². The summed E-state index contributed by atoms with van der Waals surface area (Å²) in [4.78, 5) is 25.4. The maximum Gasteiger partial charge on any atom is 0.272 e. The first kappa shape index (κ1) is 16.6. The van der Waals surface area contributed by atoms with Gasteiger partial charge in [0.15, 0.2) is 0 Å². The van der Waals surface area contributed by atoms with E-state index in [2.05, 4.69) is 31.4 Å². The van der Waals surface area contributed by atoms with Gasteiger partial charge in [-0.25, -0.2) is 0 Å². The zero-order valence-corrected chi connectivity index (χ0v) is 15.3. The van der Waals surface area contributed by atoms with Gasteiger partial charge in [-0.15, -0.1) is 11.3 Å². The molecule has 3 aromatic heterocycles. The second-order valence-corrected chi connectivity index (χ2v) is 7.67. The number of nitrogens with zero attached hydrogens (tertiary/aromatic N) is 4. The van der Waals surface area contributed by atoms with Crippen molar-refractivity contribution in [2.75, 3.05) is 0 Å². The molecule has 1 amide bonds. The molecule has 0 fully saturated rings. The van der Waals surface area contributed by atoms with Crippen molar-refractivity contribution < 1.29 is 4.79 Å². The van der Waals surface area contributed by atoms with Crippen LogP contribution < -0.4 is 10.9 Å². The lowest BCUT2D eigenvalue weighted by atomic mass is 10.2. The summed E-state index contributed by atoms with van der Waals surface area (Å²) in [6.45, 7) is 1.90. The Balaban J connectivity index is 1.84. The highest BCUT2D eigenvalue weighted by Crippen LogP contribution is 2.27. The Kier molecular flexibility index (Phi) is 4.63. The van der Waals surface area contributed by atoms with Gasteiger partial charge in [-0.2, -0.15) is 14.9 Å². The third-order valence-electron chi connectivity index (χ3n) is 3.34. The van der Waals surface area contributed by atoms with Crippen LogP contribution in [0.4, 0.5) is 0 Å². The number of aryl methyl sites for hydroxylation is 1. The molecule has 24 heavy (non-hydrogen) atoms. The number of halogens is 1. The van der Waals surface area contributed by atoms with Gasteiger partial charge in [0, 0.05) is 18.0 Å². The van der Waals surface area contributed by atoms with E-state index in [9.17, 15) is 9.59 Å². The molecule has 124 valence electrons. The largest absolute Gasteiger partial charge is 0.343 e. The molecule has 1 atom stereocenters. The van der Waals surface area contributed by atoms with E-state index in [-0.39, 0.29) is 23.2 Å². The van der Waals surface area contributed by atoms with Gasteiger partial charge in [0.1, 0.15) is 11.4 Å². The Morgan fingerprint density at radius 1 is 1.33 bits per heavy atom. The van der Waals surface area contributed by atoms with Gasteiger partial charge in [-0.05, 0) is 41.1 Å². The van der Waals surface area contributed by atoms with E-state index in [1.165, 1.54) is 18.3 Å². The van der Waals surface area contributed by atoms with Crippen LogP contribution in [0.5, 0.6) is 0 Å². The van der Waals surface area contributed by atoms with Crippen molar-refractivity contribution in [1.29, 1.82) is 0 Å². The van der Waals surface area contributed by atoms with Crippen molar-refractivity contribution >= 4 is 33.2 Å². The Hall–Kier alpha value is -2.26. The number of carbonyl (C=O) groups excluding carboxylic acids is 1.